The van der Waals surface area contributed by atoms with Crippen LogP contribution in [0.4, 0.5) is 5.69 Å². The first-order chi connectivity index (χ1) is 9.49. The lowest BCUT2D eigenvalue weighted by molar-refractivity contribution is -0.385. The average Bonchev–Trinajstić information content (AvgIpc) is 2.84. The number of carboxylic acids is 1. The number of benzene rings is 1. The lowest BCUT2D eigenvalue weighted by Gasteiger charge is -2.09. The van der Waals surface area contributed by atoms with E-state index in [-0.39, 0.29) is 12.5 Å². The molecule has 0 aliphatic carbocycles. The highest BCUT2D eigenvalue weighted by Gasteiger charge is 2.23. The Morgan fingerprint density at radius 2 is 2.15 bits per heavy atom. The van der Waals surface area contributed by atoms with Gasteiger partial charge in [0.2, 0.25) is 6.79 Å². The normalized spacial score (nSPS) is 14.1. The number of rotatable bonds is 6. The van der Waals surface area contributed by atoms with Gasteiger partial charge in [-0.2, -0.15) is 0 Å². The van der Waals surface area contributed by atoms with E-state index < -0.39 is 16.9 Å². The largest absolute Gasteiger partial charge is 0.480 e. The van der Waals surface area contributed by atoms with E-state index in [9.17, 15) is 14.9 Å². The van der Waals surface area contributed by atoms with Crippen molar-refractivity contribution in [1.82, 2.24) is 5.32 Å². The Morgan fingerprint density at radius 3 is 2.75 bits per heavy atom. The molecule has 1 heterocycles. The fourth-order valence-electron chi connectivity index (χ4n) is 1.85. The first kappa shape index (κ1) is 14.1. The quantitative estimate of drug-likeness (QED) is 0.589. The standard InChI is InChI=1S/C12H14N2O6/c1-7(12(15)16)13-3-2-8-4-10-11(20-6-19-10)5-9(8)14(17)18/h4-5,7,13H,2-3,6H2,1H3,(H,15,16). The van der Waals surface area contributed by atoms with Crippen LogP contribution in [0, 0.1) is 10.1 Å². The fourth-order valence-corrected chi connectivity index (χ4v) is 1.85. The van der Waals surface area contributed by atoms with E-state index in [0.717, 1.165) is 0 Å². The van der Waals surface area contributed by atoms with Crippen molar-refractivity contribution in [1.29, 1.82) is 0 Å². The zero-order chi connectivity index (χ0) is 14.7. The number of aliphatic carboxylic acids is 1. The van der Waals surface area contributed by atoms with Gasteiger partial charge < -0.3 is 19.9 Å². The monoisotopic (exact) mass is 282 g/mol. The molecule has 0 saturated carbocycles. The Labute approximate surface area is 114 Å². The lowest BCUT2D eigenvalue weighted by atomic mass is 10.1. The van der Waals surface area contributed by atoms with Gasteiger partial charge in [-0.05, 0) is 19.4 Å². The van der Waals surface area contributed by atoms with Crippen molar-refractivity contribution in [3.05, 3.63) is 27.8 Å². The first-order valence-electron chi connectivity index (χ1n) is 6.02. The molecule has 108 valence electrons. The van der Waals surface area contributed by atoms with Gasteiger partial charge in [-0.25, -0.2) is 0 Å². The summed E-state index contributed by atoms with van der Waals surface area (Å²) in [7, 11) is 0. The van der Waals surface area contributed by atoms with E-state index in [0.29, 0.717) is 30.0 Å². The van der Waals surface area contributed by atoms with Crippen LogP contribution in [-0.2, 0) is 11.2 Å². The molecule has 0 fully saturated rings. The Hall–Kier alpha value is -2.35. The van der Waals surface area contributed by atoms with Gasteiger partial charge in [0, 0.05) is 12.1 Å². The number of carboxylic acid groups (broad SMARTS) is 1. The molecule has 2 N–H and O–H groups in total. The Bertz CT molecular complexity index is 545. The molecule has 8 heteroatoms. The maximum Gasteiger partial charge on any atom is 0.320 e. The zero-order valence-corrected chi connectivity index (χ0v) is 10.8. The third-order valence-electron chi connectivity index (χ3n) is 2.99. The number of fused-ring (bicyclic) bond motifs is 1. The second-order valence-electron chi connectivity index (χ2n) is 4.36. The molecule has 0 bridgehead atoms. The molecule has 0 aromatic heterocycles. The summed E-state index contributed by atoms with van der Waals surface area (Å²) in [5.41, 5.74) is 0.420. The van der Waals surface area contributed by atoms with Crippen molar-refractivity contribution in [2.24, 2.45) is 0 Å². The molecule has 0 radical (unpaired) electrons. The third-order valence-corrected chi connectivity index (χ3v) is 2.99. The summed E-state index contributed by atoms with van der Waals surface area (Å²) >= 11 is 0. The minimum atomic E-state index is -0.967. The molecule has 1 atom stereocenters. The predicted octanol–water partition coefficient (Wildman–Crippen LogP) is 0.929. The number of nitro benzene ring substituents is 1. The molecule has 1 aliphatic rings. The molecule has 1 aliphatic heterocycles. The number of nitrogens with one attached hydrogen (secondary N) is 1. The van der Waals surface area contributed by atoms with Gasteiger partial charge in [0.15, 0.2) is 11.5 Å². The second-order valence-corrected chi connectivity index (χ2v) is 4.36. The summed E-state index contributed by atoms with van der Waals surface area (Å²) in [5.74, 6) is -0.144. The van der Waals surface area contributed by atoms with Crippen molar-refractivity contribution < 1.29 is 24.3 Å². The van der Waals surface area contributed by atoms with Crippen LogP contribution in [0.1, 0.15) is 12.5 Å². The number of nitrogens with zero attached hydrogens (tertiary/aromatic N) is 1. The number of carbonyl (C=O) groups is 1. The van der Waals surface area contributed by atoms with Crippen molar-refractivity contribution in [2.45, 2.75) is 19.4 Å². The lowest BCUT2D eigenvalue weighted by Crippen LogP contribution is -2.35. The van der Waals surface area contributed by atoms with Crippen LogP contribution in [0.15, 0.2) is 12.1 Å². The number of hydrogen-bond donors (Lipinski definition) is 2. The van der Waals surface area contributed by atoms with Crippen LogP contribution in [0.2, 0.25) is 0 Å². The van der Waals surface area contributed by atoms with Gasteiger partial charge in [0.1, 0.15) is 6.04 Å². The van der Waals surface area contributed by atoms with Crippen LogP contribution < -0.4 is 14.8 Å². The Kier molecular flexibility index (Phi) is 4.04. The molecule has 1 aromatic carbocycles. The van der Waals surface area contributed by atoms with Gasteiger partial charge in [0.25, 0.3) is 5.69 Å². The molecular formula is C12H14N2O6. The number of nitro groups is 1. The minimum absolute atomic E-state index is 0.0459. The van der Waals surface area contributed by atoms with Crippen molar-refractivity contribution in [2.75, 3.05) is 13.3 Å². The molecule has 1 aromatic rings. The highest BCUT2D eigenvalue weighted by atomic mass is 16.7. The summed E-state index contributed by atoms with van der Waals surface area (Å²) in [6.07, 6.45) is 0.324. The van der Waals surface area contributed by atoms with E-state index in [4.69, 9.17) is 14.6 Å². The van der Waals surface area contributed by atoms with Crippen molar-refractivity contribution in [3.63, 3.8) is 0 Å². The van der Waals surface area contributed by atoms with E-state index in [1.165, 1.54) is 13.0 Å². The Morgan fingerprint density at radius 1 is 1.50 bits per heavy atom. The summed E-state index contributed by atoms with van der Waals surface area (Å²) in [4.78, 5) is 21.2. The smallest absolute Gasteiger partial charge is 0.320 e. The van der Waals surface area contributed by atoms with Crippen molar-refractivity contribution in [3.8, 4) is 11.5 Å². The van der Waals surface area contributed by atoms with Crippen molar-refractivity contribution >= 4 is 11.7 Å². The van der Waals surface area contributed by atoms with Crippen LogP contribution in [0.3, 0.4) is 0 Å². The molecule has 0 saturated heterocycles. The van der Waals surface area contributed by atoms with Crippen LogP contribution >= 0.6 is 0 Å². The first-order valence-corrected chi connectivity index (χ1v) is 6.02. The van der Waals surface area contributed by atoms with Crippen LogP contribution in [0.5, 0.6) is 11.5 Å². The summed E-state index contributed by atoms with van der Waals surface area (Å²) < 4.78 is 10.3. The number of hydrogen-bond acceptors (Lipinski definition) is 6. The highest BCUT2D eigenvalue weighted by Crippen LogP contribution is 2.37. The summed E-state index contributed by atoms with van der Waals surface area (Å²) in [6.45, 7) is 1.87. The van der Waals surface area contributed by atoms with E-state index in [1.54, 1.807) is 6.07 Å². The molecule has 0 spiro atoms. The average molecular weight is 282 g/mol. The van der Waals surface area contributed by atoms with Gasteiger partial charge in [-0.15, -0.1) is 0 Å². The molecule has 20 heavy (non-hydrogen) atoms. The molecule has 8 nitrogen and oxygen atoms in total. The van der Waals surface area contributed by atoms with Gasteiger partial charge >= 0.3 is 5.97 Å². The predicted molar refractivity (Wildman–Crippen MR) is 68.0 cm³/mol. The van der Waals surface area contributed by atoms with Crippen LogP contribution in [0.25, 0.3) is 0 Å². The molecule has 2 rings (SSSR count). The fraction of sp³-hybridized carbons (Fsp3) is 0.417. The maximum atomic E-state index is 11.0. The molecular weight excluding hydrogens is 268 g/mol. The SMILES string of the molecule is CC(NCCc1cc2c(cc1[N+](=O)[O-])OCO2)C(=O)O. The van der Waals surface area contributed by atoms with E-state index in [2.05, 4.69) is 5.32 Å². The minimum Gasteiger partial charge on any atom is -0.480 e. The van der Waals surface area contributed by atoms with E-state index in [1.807, 2.05) is 0 Å². The zero-order valence-electron chi connectivity index (χ0n) is 10.8. The van der Waals surface area contributed by atoms with Gasteiger partial charge in [-0.3, -0.25) is 14.9 Å². The maximum absolute atomic E-state index is 11.0. The third kappa shape index (κ3) is 2.97. The molecule has 0 amide bonds. The summed E-state index contributed by atoms with van der Waals surface area (Å²) in [6, 6.07) is 2.19. The topological polar surface area (TPSA) is 111 Å². The second kappa shape index (κ2) is 5.74. The highest BCUT2D eigenvalue weighted by molar-refractivity contribution is 5.72. The number of ether oxygens (including phenoxy) is 2. The summed E-state index contributed by atoms with van der Waals surface area (Å²) in [5, 5.41) is 22.5. The van der Waals surface area contributed by atoms with Gasteiger partial charge in [-0.1, -0.05) is 0 Å². The van der Waals surface area contributed by atoms with Crippen LogP contribution in [-0.4, -0.2) is 35.4 Å². The van der Waals surface area contributed by atoms with E-state index >= 15 is 0 Å². The molecule has 1 unspecified atom stereocenters. The Balaban J connectivity index is 2.10. The van der Waals surface area contributed by atoms with Gasteiger partial charge in [0.05, 0.1) is 11.0 Å².